The van der Waals surface area contributed by atoms with Gasteiger partial charge < -0.3 is 29.2 Å². The highest BCUT2D eigenvalue weighted by Gasteiger charge is 2.51. The van der Waals surface area contributed by atoms with Crippen LogP contribution in [0.1, 0.15) is 78.8 Å². The van der Waals surface area contributed by atoms with E-state index < -0.39 is 30.3 Å². The van der Waals surface area contributed by atoms with Gasteiger partial charge in [0.15, 0.2) is 0 Å². The average molecular weight is 637 g/mol. The van der Waals surface area contributed by atoms with E-state index in [4.69, 9.17) is 28.9 Å². The normalized spacial score (nSPS) is 26.8. The fourth-order valence-corrected chi connectivity index (χ4v) is 6.39. The van der Waals surface area contributed by atoms with E-state index in [1.807, 2.05) is 58.9 Å². The summed E-state index contributed by atoms with van der Waals surface area (Å²) in [5.74, 6) is -0.0633. The molecule has 2 amide bonds. The SMILES string of the molecule is CCCC1C2CN(C(=O)C(C(C)C)NC(=O)OC3CC3CCCC=Cc3nc4ccc(OC)cc4nc3O2)C1C(=O)OCC(C)C. The maximum Gasteiger partial charge on any atom is 0.408 e. The summed E-state index contributed by atoms with van der Waals surface area (Å²) in [4.78, 5) is 52.4. The monoisotopic (exact) mass is 636 g/mol. The molecule has 2 aromatic rings. The van der Waals surface area contributed by atoms with Crippen molar-refractivity contribution < 1.29 is 33.3 Å². The number of rotatable bonds is 7. The second kappa shape index (κ2) is 14.7. The quantitative estimate of drug-likeness (QED) is 0.389. The zero-order chi connectivity index (χ0) is 33.0. The third-order valence-electron chi connectivity index (χ3n) is 8.97. The highest BCUT2D eigenvalue weighted by Crippen LogP contribution is 2.39. The molecule has 1 aliphatic carbocycles. The first-order chi connectivity index (χ1) is 22.1. The Balaban J connectivity index is 1.57. The highest BCUT2D eigenvalue weighted by atomic mass is 16.6. The van der Waals surface area contributed by atoms with E-state index in [-0.39, 0.29) is 42.9 Å². The van der Waals surface area contributed by atoms with Crippen molar-refractivity contribution in [3.63, 3.8) is 0 Å². The summed E-state index contributed by atoms with van der Waals surface area (Å²) >= 11 is 0. The molecule has 46 heavy (non-hydrogen) atoms. The summed E-state index contributed by atoms with van der Waals surface area (Å²) in [6.07, 6.45) is 7.52. The van der Waals surface area contributed by atoms with Gasteiger partial charge in [0.1, 0.15) is 35.7 Å². The van der Waals surface area contributed by atoms with E-state index >= 15 is 0 Å². The van der Waals surface area contributed by atoms with Gasteiger partial charge in [-0.2, -0.15) is 0 Å². The first-order valence-corrected chi connectivity index (χ1v) is 16.7. The minimum Gasteiger partial charge on any atom is -0.497 e. The molecule has 3 heterocycles. The molecule has 11 heteroatoms. The van der Waals surface area contributed by atoms with Crippen molar-refractivity contribution in [1.29, 1.82) is 0 Å². The summed E-state index contributed by atoms with van der Waals surface area (Å²) in [7, 11) is 1.60. The molecular weight excluding hydrogens is 588 g/mol. The van der Waals surface area contributed by atoms with Crippen molar-refractivity contribution in [3.8, 4) is 11.6 Å². The second-order valence-electron chi connectivity index (χ2n) is 13.5. The van der Waals surface area contributed by atoms with E-state index in [1.54, 1.807) is 7.11 Å². The Kier molecular flexibility index (Phi) is 10.7. The van der Waals surface area contributed by atoms with Crippen molar-refractivity contribution in [2.75, 3.05) is 20.3 Å². The van der Waals surface area contributed by atoms with Crippen molar-refractivity contribution >= 4 is 35.1 Å². The fourth-order valence-electron chi connectivity index (χ4n) is 6.39. The number of carbonyl (C=O) groups is 3. The molecule has 1 saturated carbocycles. The van der Waals surface area contributed by atoms with E-state index in [9.17, 15) is 14.4 Å². The van der Waals surface area contributed by atoms with E-state index in [2.05, 4.69) is 11.4 Å². The Morgan fingerprint density at radius 1 is 1.11 bits per heavy atom. The van der Waals surface area contributed by atoms with Crippen molar-refractivity contribution in [1.82, 2.24) is 20.2 Å². The predicted molar refractivity (Wildman–Crippen MR) is 173 cm³/mol. The molecule has 1 N–H and O–H groups in total. The molecule has 1 aromatic carbocycles. The molecule has 3 aliphatic rings. The van der Waals surface area contributed by atoms with Gasteiger partial charge in [0.2, 0.25) is 11.8 Å². The largest absolute Gasteiger partial charge is 0.497 e. The average Bonchev–Trinajstić information content (AvgIpc) is 3.66. The maximum absolute atomic E-state index is 14.3. The number of allylic oxidation sites excluding steroid dienone is 1. The van der Waals surface area contributed by atoms with Gasteiger partial charge >= 0.3 is 12.1 Å². The molecule has 6 atom stereocenters. The number of fused-ring (bicyclic) bond motifs is 5. The summed E-state index contributed by atoms with van der Waals surface area (Å²) in [5.41, 5.74) is 1.89. The van der Waals surface area contributed by atoms with Gasteiger partial charge in [0.05, 0.1) is 31.3 Å². The van der Waals surface area contributed by atoms with Crippen LogP contribution in [0.5, 0.6) is 11.6 Å². The Morgan fingerprint density at radius 3 is 2.63 bits per heavy atom. The van der Waals surface area contributed by atoms with Gasteiger partial charge in [-0.15, -0.1) is 0 Å². The fraction of sp³-hybridized carbons (Fsp3) is 0.629. The number of amides is 2. The number of nitrogens with zero attached hydrogens (tertiary/aromatic N) is 3. The number of hydrogen-bond donors (Lipinski definition) is 1. The van der Waals surface area contributed by atoms with Gasteiger partial charge in [0, 0.05) is 12.0 Å². The predicted octanol–water partition coefficient (Wildman–Crippen LogP) is 5.55. The maximum atomic E-state index is 14.3. The smallest absolute Gasteiger partial charge is 0.408 e. The van der Waals surface area contributed by atoms with Crippen LogP contribution in [-0.4, -0.2) is 77.4 Å². The van der Waals surface area contributed by atoms with Crippen LogP contribution >= 0.6 is 0 Å². The third kappa shape index (κ3) is 7.73. The van der Waals surface area contributed by atoms with Crippen LogP contribution in [0, 0.1) is 23.7 Å². The molecule has 11 nitrogen and oxygen atoms in total. The van der Waals surface area contributed by atoms with Crippen molar-refractivity contribution in [3.05, 3.63) is 30.0 Å². The van der Waals surface area contributed by atoms with Crippen LogP contribution in [0.3, 0.4) is 0 Å². The standard InChI is InChI=1S/C35H48N4O7/c1-7-11-24-29-18-39(31(24)34(41)44-19-20(2)3)33(40)30(21(4)5)38-35(42)46-28-16-22(28)12-9-8-10-13-26-32(45-29)37-27-17-23(43-6)14-15-25(27)36-26/h10,13-15,17,20-22,24,28-31H,7-9,11-12,16,18-19H2,1-6H3,(H,38,42). The van der Waals surface area contributed by atoms with Gasteiger partial charge in [-0.1, -0.05) is 47.1 Å². The molecule has 6 unspecified atom stereocenters. The Morgan fingerprint density at radius 2 is 1.91 bits per heavy atom. The van der Waals surface area contributed by atoms with Gasteiger partial charge in [-0.3, -0.25) is 4.79 Å². The second-order valence-corrected chi connectivity index (χ2v) is 13.5. The lowest BCUT2D eigenvalue weighted by atomic mass is 9.92. The summed E-state index contributed by atoms with van der Waals surface area (Å²) in [6, 6.07) is 3.74. The minimum absolute atomic E-state index is 0.122. The Bertz CT molecular complexity index is 1440. The Labute approximate surface area is 271 Å². The number of methoxy groups -OCH3 is 1. The number of ether oxygens (including phenoxy) is 4. The first-order valence-electron chi connectivity index (χ1n) is 16.7. The number of esters is 1. The molecule has 1 aromatic heterocycles. The van der Waals surface area contributed by atoms with Crippen LogP contribution in [0.25, 0.3) is 17.1 Å². The molecule has 5 rings (SSSR count). The number of aromatic nitrogens is 2. The van der Waals surface area contributed by atoms with Gasteiger partial charge in [-0.25, -0.2) is 19.6 Å². The Hall–Kier alpha value is -3.89. The van der Waals surface area contributed by atoms with Crippen LogP contribution in [0.2, 0.25) is 0 Å². The number of alkyl carbamates (subject to hydrolysis) is 1. The molecule has 2 fully saturated rings. The first kappa shape index (κ1) is 33.5. The van der Waals surface area contributed by atoms with Crippen LogP contribution in [-0.2, 0) is 19.1 Å². The summed E-state index contributed by atoms with van der Waals surface area (Å²) in [6.45, 7) is 10.1. The molecule has 2 aliphatic heterocycles. The van der Waals surface area contributed by atoms with Gasteiger partial charge in [-0.05, 0) is 68.1 Å². The lowest BCUT2D eigenvalue weighted by molar-refractivity contribution is -0.156. The van der Waals surface area contributed by atoms with Crippen LogP contribution in [0.15, 0.2) is 24.3 Å². The van der Waals surface area contributed by atoms with E-state index in [0.29, 0.717) is 40.7 Å². The molecule has 0 radical (unpaired) electrons. The van der Waals surface area contributed by atoms with Crippen LogP contribution in [0.4, 0.5) is 4.79 Å². The zero-order valence-corrected chi connectivity index (χ0v) is 27.9. The molecule has 250 valence electrons. The topological polar surface area (TPSA) is 129 Å². The molecular formula is C35H48N4O7. The van der Waals surface area contributed by atoms with Crippen molar-refractivity contribution in [2.24, 2.45) is 23.7 Å². The number of hydrogen-bond acceptors (Lipinski definition) is 9. The van der Waals surface area contributed by atoms with E-state index in [1.165, 1.54) is 4.90 Å². The lowest BCUT2D eigenvalue weighted by Gasteiger charge is -2.31. The molecule has 2 bridgehead atoms. The zero-order valence-electron chi connectivity index (χ0n) is 27.9. The van der Waals surface area contributed by atoms with Crippen LogP contribution < -0.4 is 14.8 Å². The number of nitrogens with one attached hydrogen (secondary N) is 1. The van der Waals surface area contributed by atoms with Crippen molar-refractivity contribution in [2.45, 2.75) is 97.4 Å². The van der Waals surface area contributed by atoms with E-state index in [0.717, 1.165) is 32.1 Å². The summed E-state index contributed by atoms with van der Waals surface area (Å²) < 4.78 is 23.6. The number of benzene rings is 1. The minimum atomic E-state index is -0.892. The third-order valence-corrected chi connectivity index (χ3v) is 8.97. The summed E-state index contributed by atoms with van der Waals surface area (Å²) in [5, 5.41) is 2.82. The van der Waals surface area contributed by atoms with Gasteiger partial charge in [0.25, 0.3) is 0 Å². The molecule has 0 spiro atoms. The number of carbonyl (C=O) groups excluding carboxylic acids is 3. The highest BCUT2D eigenvalue weighted by molar-refractivity contribution is 5.91. The molecule has 1 saturated heterocycles. The lowest BCUT2D eigenvalue weighted by Crippen LogP contribution is -2.55.